The molecule has 14 heavy (non-hydrogen) atoms. The predicted molar refractivity (Wildman–Crippen MR) is 54.7 cm³/mol. The SMILES string of the molecule is CC(CS(C)(=O)=O)N(C)C(=O)C1CC1. The lowest BCUT2D eigenvalue weighted by Gasteiger charge is -2.24. The van der Waals surface area contributed by atoms with Crippen LogP contribution in [0.2, 0.25) is 0 Å². The molecule has 0 N–H and O–H groups in total. The van der Waals surface area contributed by atoms with E-state index in [1.54, 1.807) is 18.9 Å². The highest BCUT2D eigenvalue weighted by molar-refractivity contribution is 7.90. The van der Waals surface area contributed by atoms with Gasteiger partial charge in [-0.1, -0.05) is 0 Å². The Labute approximate surface area is 85.2 Å². The van der Waals surface area contributed by atoms with E-state index in [1.165, 1.54) is 6.26 Å². The Morgan fingerprint density at radius 3 is 2.36 bits per heavy atom. The molecule has 0 radical (unpaired) electrons. The molecule has 0 aromatic heterocycles. The van der Waals surface area contributed by atoms with Gasteiger partial charge in [-0.3, -0.25) is 4.79 Å². The molecule has 1 fully saturated rings. The average Bonchev–Trinajstić information content (AvgIpc) is 2.80. The Morgan fingerprint density at radius 1 is 1.50 bits per heavy atom. The lowest BCUT2D eigenvalue weighted by atomic mass is 10.3. The largest absolute Gasteiger partial charge is 0.342 e. The van der Waals surface area contributed by atoms with Crippen molar-refractivity contribution in [3.63, 3.8) is 0 Å². The number of amides is 1. The van der Waals surface area contributed by atoms with E-state index in [1.807, 2.05) is 0 Å². The molecule has 1 aliphatic carbocycles. The van der Waals surface area contributed by atoms with Gasteiger partial charge in [-0.05, 0) is 19.8 Å². The maximum Gasteiger partial charge on any atom is 0.225 e. The Hall–Kier alpha value is -0.580. The molecule has 0 spiro atoms. The normalized spacial score (nSPS) is 19.1. The van der Waals surface area contributed by atoms with Crippen LogP contribution in [0, 0.1) is 5.92 Å². The third-order valence-electron chi connectivity index (χ3n) is 2.48. The fourth-order valence-corrected chi connectivity index (χ4v) is 2.49. The van der Waals surface area contributed by atoms with Crippen LogP contribution in [0.5, 0.6) is 0 Å². The summed E-state index contributed by atoms with van der Waals surface area (Å²) in [6.45, 7) is 1.77. The minimum absolute atomic E-state index is 0.0436. The van der Waals surface area contributed by atoms with E-state index in [0.717, 1.165) is 12.8 Å². The monoisotopic (exact) mass is 219 g/mol. The second kappa shape index (κ2) is 3.88. The molecule has 0 saturated heterocycles. The second-order valence-corrected chi connectivity index (χ2v) is 6.35. The van der Waals surface area contributed by atoms with Gasteiger partial charge in [0.2, 0.25) is 5.91 Å². The zero-order chi connectivity index (χ0) is 10.9. The molecule has 0 aromatic rings. The van der Waals surface area contributed by atoms with Crippen LogP contribution >= 0.6 is 0 Å². The lowest BCUT2D eigenvalue weighted by Crippen LogP contribution is -2.40. The number of rotatable bonds is 4. The van der Waals surface area contributed by atoms with Gasteiger partial charge in [0, 0.05) is 25.3 Å². The van der Waals surface area contributed by atoms with Crippen molar-refractivity contribution in [3.8, 4) is 0 Å². The zero-order valence-corrected chi connectivity index (χ0v) is 9.67. The Balaban J connectivity index is 2.51. The molecule has 0 heterocycles. The van der Waals surface area contributed by atoms with E-state index < -0.39 is 9.84 Å². The summed E-state index contributed by atoms with van der Waals surface area (Å²) in [5.41, 5.74) is 0. The Bertz CT molecular complexity index is 319. The smallest absolute Gasteiger partial charge is 0.225 e. The molecular weight excluding hydrogens is 202 g/mol. The standard InChI is InChI=1S/C9H17NO3S/c1-7(6-14(3,12)13)10(2)9(11)8-4-5-8/h7-8H,4-6H2,1-3H3. The van der Waals surface area contributed by atoms with Crippen LogP contribution in [-0.4, -0.2) is 44.3 Å². The molecule has 1 amide bonds. The molecule has 0 aliphatic heterocycles. The van der Waals surface area contributed by atoms with E-state index in [2.05, 4.69) is 0 Å². The van der Waals surface area contributed by atoms with Gasteiger partial charge in [0.15, 0.2) is 0 Å². The highest BCUT2D eigenvalue weighted by Crippen LogP contribution is 2.31. The van der Waals surface area contributed by atoms with Gasteiger partial charge in [-0.15, -0.1) is 0 Å². The highest BCUT2D eigenvalue weighted by Gasteiger charge is 2.34. The minimum atomic E-state index is -3.00. The topological polar surface area (TPSA) is 54.5 Å². The Morgan fingerprint density at radius 2 is 2.00 bits per heavy atom. The summed E-state index contributed by atoms with van der Waals surface area (Å²) < 4.78 is 22.0. The maximum atomic E-state index is 11.6. The summed E-state index contributed by atoms with van der Waals surface area (Å²) in [6, 6.07) is -0.224. The number of hydrogen-bond donors (Lipinski definition) is 0. The van der Waals surface area contributed by atoms with Gasteiger partial charge in [0.05, 0.1) is 5.75 Å². The number of carbonyl (C=O) groups excluding carboxylic acids is 1. The van der Waals surface area contributed by atoms with E-state index >= 15 is 0 Å². The highest BCUT2D eigenvalue weighted by atomic mass is 32.2. The van der Waals surface area contributed by atoms with Gasteiger partial charge in [-0.2, -0.15) is 0 Å². The number of hydrogen-bond acceptors (Lipinski definition) is 3. The maximum absolute atomic E-state index is 11.6. The van der Waals surface area contributed by atoms with Gasteiger partial charge >= 0.3 is 0 Å². The summed E-state index contributed by atoms with van der Waals surface area (Å²) in [5, 5.41) is 0. The molecule has 82 valence electrons. The number of carbonyl (C=O) groups is 1. The van der Waals surface area contributed by atoms with Crippen LogP contribution in [0.1, 0.15) is 19.8 Å². The molecule has 1 atom stereocenters. The van der Waals surface area contributed by atoms with Crippen LogP contribution in [-0.2, 0) is 14.6 Å². The van der Waals surface area contributed by atoms with Crippen molar-refractivity contribution in [1.82, 2.24) is 4.90 Å². The van der Waals surface area contributed by atoms with Gasteiger partial charge < -0.3 is 4.90 Å². The first-order valence-corrected chi connectivity index (χ1v) is 6.81. The summed E-state index contributed by atoms with van der Waals surface area (Å²) in [4.78, 5) is 13.1. The van der Waals surface area contributed by atoms with E-state index in [9.17, 15) is 13.2 Å². The van der Waals surface area contributed by atoms with Crippen molar-refractivity contribution in [3.05, 3.63) is 0 Å². The fourth-order valence-electron chi connectivity index (χ4n) is 1.39. The molecular formula is C9H17NO3S. The first-order chi connectivity index (χ1) is 6.31. The Kier molecular flexibility index (Phi) is 3.19. The zero-order valence-electron chi connectivity index (χ0n) is 8.86. The van der Waals surface area contributed by atoms with Gasteiger partial charge in [0.1, 0.15) is 9.84 Å². The van der Waals surface area contributed by atoms with Crippen molar-refractivity contribution in [2.24, 2.45) is 5.92 Å². The quantitative estimate of drug-likeness (QED) is 0.683. The molecule has 1 saturated carbocycles. The van der Waals surface area contributed by atoms with Crippen LogP contribution in [0.15, 0.2) is 0 Å². The summed E-state index contributed by atoms with van der Waals surface area (Å²) in [6.07, 6.45) is 3.10. The second-order valence-electron chi connectivity index (χ2n) is 4.16. The fraction of sp³-hybridized carbons (Fsp3) is 0.889. The first-order valence-electron chi connectivity index (χ1n) is 4.75. The van der Waals surface area contributed by atoms with Crippen molar-refractivity contribution in [2.75, 3.05) is 19.1 Å². The molecule has 1 rings (SSSR count). The molecule has 0 aromatic carbocycles. The summed E-state index contributed by atoms with van der Waals surface area (Å²) in [7, 11) is -1.32. The lowest BCUT2D eigenvalue weighted by molar-refractivity contribution is -0.132. The number of sulfone groups is 1. The van der Waals surface area contributed by atoms with Crippen molar-refractivity contribution < 1.29 is 13.2 Å². The molecule has 5 heteroatoms. The third kappa shape index (κ3) is 3.29. The van der Waals surface area contributed by atoms with Crippen molar-refractivity contribution in [2.45, 2.75) is 25.8 Å². The van der Waals surface area contributed by atoms with Crippen LogP contribution < -0.4 is 0 Å². The van der Waals surface area contributed by atoms with E-state index in [0.29, 0.717) is 0 Å². The van der Waals surface area contributed by atoms with E-state index in [4.69, 9.17) is 0 Å². The predicted octanol–water partition coefficient (Wildman–Crippen LogP) is 0.288. The van der Waals surface area contributed by atoms with Crippen LogP contribution in [0.4, 0.5) is 0 Å². The third-order valence-corrected chi connectivity index (χ3v) is 3.57. The van der Waals surface area contributed by atoms with Crippen LogP contribution in [0.3, 0.4) is 0 Å². The molecule has 4 nitrogen and oxygen atoms in total. The molecule has 1 unspecified atom stereocenters. The van der Waals surface area contributed by atoms with E-state index in [-0.39, 0.29) is 23.6 Å². The minimum Gasteiger partial charge on any atom is -0.342 e. The summed E-state index contributed by atoms with van der Waals surface area (Å²) >= 11 is 0. The average molecular weight is 219 g/mol. The molecule has 1 aliphatic rings. The van der Waals surface area contributed by atoms with Gasteiger partial charge in [0.25, 0.3) is 0 Å². The van der Waals surface area contributed by atoms with Crippen LogP contribution in [0.25, 0.3) is 0 Å². The summed E-state index contributed by atoms with van der Waals surface area (Å²) in [5.74, 6) is 0.283. The first kappa shape index (κ1) is 11.5. The van der Waals surface area contributed by atoms with Crippen molar-refractivity contribution >= 4 is 15.7 Å². The number of nitrogens with zero attached hydrogens (tertiary/aromatic N) is 1. The van der Waals surface area contributed by atoms with Crippen molar-refractivity contribution in [1.29, 1.82) is 0 Å². The molecule has 0 bridgehead atoms. The van der Waals surface area contributed by atoms with Gasteiger partial charge in [-0.25, -0.2) is 8.42 Å².